The second-order valence-electron chi connectivity index (χ2n) is 6.34. The van der Waals surface area contributed by atoms with Crippen LogP contribution in [0.3, 0.4) is 0 Å². The number of carbonyl (C=O) groups is 1. The van der Waals surface area contributed by atoms with Crippen LogP contribution in [0.15, 0.2) is 78.9 Å². The van der Waals surface area contributed by atoms with Crippen LogP contribution in [-0.2, 0) is 4.79 Å². The largest absolute Gasteiger partial charge is 0.492 e. The van der Waals surface area contributed by atoms with Gasteiger partial charge in [-0.25, -0.2) is 0 Å². The van der Waals surface area contributed by atoms with E-state index in [-0.39, 0.29) is 12.5 Å². The quantitative estimate of drug-likeness (QED) is 0.456. The minimum atomic E-state index is -0.177. The van der Waals surface area contributed by atoms with E-state index in [9.17, 15) is 4.79 Å². The Morgan fingerprint density at radius 2 is 1.33 bits per heavy atom. The lowest BCUT2D eigenvalue weighted by atomic mass is 10.2. The van der Waals surface area contributed by atoms with E-state index in [0.717, 1.165) is 11.4 Å². The molecule has 1 amide bonds. The smallest absolute Gasteiger partial charge is 0.243 e. The molecule has 2 N–H and O–H groups in total. The molecular formula is C24H26N2O4. The van der Waals surface area contributed by atoms with E-state index in [1.54, 1.807) is 0 Å². The predicted octanol–water partition coefficient (Wildman–Crippen LogP) is 4.59. The van der Waals surface area contributed by atoms with Crippen LogP contribution < -0.4 is 24.8 Å². The highest BCUT2D eigenvalue weighted by molar-refractivity contribution is 5.95. The zero-order valence-electron chi connectivity index (χ0n) is 17.0. The minimum Gasteiger partial charge on any atom is -0.492 e. The number of amides is 1. The molecule has 0 atom stereocenters. The molecule has 0 aromatic heterocycles. The molecule has 6 nitrogen and oxygen atoms in total. The zero-order chi connectivity index (χ0) is 21.0. The first kappa shape index (κ1) is 21.0. The summed E-state index contributed by atoms with van der Waals surface area (Å²) in [4.78, 5) is 12.4. The minimum absolute atomic E-state index is 0.0986. The second-order valence-corrected chi connectivity index (χ2v) is 6.34. The van der Waals surface area contributed by atoms with E-state index in [2.05, 4.69) is 10.6 Å². The number of hydrogen-bond donors (Lipinski definition) is 2. The molecule has 0 saturated heterocycles. The lowest BCUT2D eigenvalue weighted by molar-refractivity contribution is -0.114. The van der Waals surface area contributed by atoms with Gasteiger partial charge in [0.05, 0.1) is 24.5 Å². The molecule has 6 heteroatoms. The fraction of sp³-hybridized carbons (Fsp3) is 0.208. The molecule has 0 heterocycles. The van der Waals surface area contributed by atoms with Crippen LogP contribution >= 0.6 is 0 Å². The number of para-hydroxylation sites is 5. The number of ether oxygens (including phenoxy) is 3. The van der Waals surface area contributed by atoms with E-state index in [1.165, 1.54) is 0 Å². The van der Waals surface area contributed by atoms with Crippen LogP contribution in [0.2, 0.25) is 0 Å². The van der Waals surface area contributed by atoms with Crippen molar-refractivity contribution in [2.75, 3.05) is 37.0 Å². The van der Waals surface area contributed by atoms with Gasteiger partial charge in [-0.15, -0.1) is 0 Å². The summed E-state index contributed by atoms with van der Waals surface area (Å²) >= 11 is 0. The average molecular weight is 406 g/mol. The summed E-state index contributed by atoms with van der Waals surface area (Å²) in [5.41, 5.74) is 1.39. The molecule has 0 bridgehead atoms. The van der Waals surface area contributed by atoms with Gasteiger partial charge in [-0.3, -0.25) is 4.79 Å². The number of carbonyl (C=O) groups excluding carboxylic acids is 1. The summed E-state index contributed by atoms with van der Waals surface area (Å²) in [7, 11) is 0. The maximum absolute atomic E-state index is 12.4. The van der Waals surface area contributed by atoms with Crippen molar-refractivity contribution in [1.82, 2.24) is 0 Å². The second kappa shape index (κ2) is 11.4. The summed E-state index contributed by atoms with van der Waals surface area (Å²) in [5, 5.41) is 5.99. The maximum Gasteiger partial charge on any atom is 0.243 e. The van der Waals surface area contributed by atoms with Crippen LogP contribution in [0, 0.1) is 0 Å². The third-order valence-corrected chi connectivity index (χ3v) is 4.14. The van der Waals surface area contributed by atoms with Crippen molar-refractivity contribution in [2.45, 2.75) is 6.92 Å². The van der Waals surface area contributed by atoms with E-state index in [4.69, 9.17) is 14.2 Å². The van der Waals surface area contributed by atoms with Gasteiger partial charge in [0.15, 0.2) is 0 Å². The van der Waals surface area contributed by atoms with Gasteiger partial charge in [-0.1, -0.05) is 42.5 Å². The monoisotopic (exact) mass is 406 g/mol. The number of rotatable bonds is 11. The molecule has 0 aliphatic carbocycles. The van der Waals surface area contributed by atoms with Gasteiger partial charge in [0, 0.05) is 0 Å². The first-order chi connectivity index (χ1) is 14.8. The molecule has 0 spiro atoms. The molecule has 156 valence electrons. The van der Waals surface area contributed by atoms with Crippen LogP contribution in [0.5, 0.6) is 17.2 Å². The summed E-state index contributed by atoms with van der Waals surface area (Å²) in [5.74, 6) is 1.94. The Labute approximate surface area is 176 Å². The fourth-order valence-electron chi connectivity index (χ4n) is 2.79. The third kappa shape index (κ3) is 6.44. The van der Waals surface area contributed by atoms with Gasteiger partial charge in [0.1, 0.15) is 30.5 Å². The molecule has 30 heavy (non-hydrogen) atoms. The Hall–Kier alpha value is -3.67. The lowest BCUT2D eigenvalue weighted by Gasteiger charge is -2.14. The Morgan fingerprint density at radius 3 is 2.07 bits per heavy atom. The van der Waals surface area contributed by atoms with Crippen LogP contribution in [0.1, 0.15) is 6.92 Å². The zero-order valence-corrected chi connectivity index (χ0v) is 17.0. The van der Waals surface area contributed by atoms with E-state index in [0.29, 0.717) is 37.0 Å². The molecule has 3 rings (SSSR count). The first-order valence-corrected chi connectivity index (χ1v) is 9.91. The molecule has 0 saturated carbocycles. The standard InChI is InChI=1S/C24H26N2O4/c1-2-28-23-15-9-7-13-21(23)26-24(27)18-25-20-12-6-8-14-22(20)30-17-16-29-19-10-4-3-5-11-19/h3-15,25H,2,16-18H2,1H3,(H,26,27). The molecule has 3 aromatic carbocycles. The van der Waals surface area contributed by atoms with Gasteiger partial charge in [0.2, 0.25) is 5.91 Å². The van der Waals surface area contributed by atoms with Gasteiger partial charge >= 0.3 is 0 Å². The number of hydrogen-bond acceptors (Lipinski definition) is 5. The molecular weight excluding hydrogens is 380 g/mol. The van der Waals surface area contributed by atoms with E-state index in [1.807, 2.05) is 85.8 Å². The van der Waals surface area contributed by atoms with Crippen molar-refractivity contribution in [3.05, 3.63) is 78.9 Å². The normalized spacial score (nSPS) is 10.2. The van der Waals surface area contributed by atoms with E-state index >= 15 is 0 Å². The van der Waals surface area contributed by atoms with Crippen molar-refractivity contribution in [2.24, 2.45) is 0 Å². The van der Waals surface area contributed by atoms with Gasteiger partial charge in [0.25, 0.3) is 0 Å². The topological polar surface area (TPSA) is 68.8 Å². The molecule has 3 aromatic rings. The Bertz CT molecular complexity index is 931. The third-order valence-electron chi connectivity index (χ3n) is 4.14. The van der Waals surface area contributed by atoms with Crippen LogP contribution in [0.25, 0.3) is 0 Å². The summed E-state index contributed by atoms with van der Waals surface area (Å²) in [6.07, 6.45) is 0. The van der Waals surface area contributed by atoms with E-state index < -0.39 is 0 Å². The molecule has 0 aliphatic rings. The van der Waals surface area contributed by atoms with Crippen molar-refractivity contribution < 1.29 is 19.0 Å². The summed E-state index contributed by atoms with van der Waals surface area (Å²) < 4.78 is 17.0. The first-order valence-electron chi connectivity index (χ1n) is 9.91. The van der Waals surface area contributed by atoms with Gasteiger partial charge < -0.3 is 24.8 Å². The fourth-order valence-corrected chi connectivity index (χ4v) is 2.79. The molecule has 0 unspecified atom stereocenters. The molecule has 0 radical (unpaired) electrons. The Balaban J connectivity index is 1.49. The molecule has 0 fully saturated rings. The van der Waals surface area contributed by atoms with Crippen molar-refractivity contribution >= 4 is 17.3 Å². The van der Waals surface area contributed by atoms with Crippen molar-refractivity contribution in [1.29, 1.82) is 0 Å². The Kier molecular flexibility index (Phi) is 7.97. The SMILES string of the molecule is CCOc1ccccc1NC(=O)CNc1ccccc1OCCOc1ccccc1. The van der Waals surface area contributed by atoms with Gasteiger partial charge in [-0.05, 0) is 43.3 Å². The highest BCUT2D eigenvalue weighted by Crippen LogP contribution is 2.25. The summed E-state index contributed by atoms with van der Waals surface area (Å²) in [6, 6.07) is 24.4. The van der Waals surface area contributed by atoms with Crippen molar-refractivity contribution in [3.8, 4) is 17.2 Å². The lowest BCUT2D eigenvalue weighted by Crippen LogP contribution is -2.22. The average Bonchev–Trinajstić information content (AvgIpc) is 2.78. The van der Waals surface area contributed by atoms with Crippen molar-refractivity contribution in [3.63, 3.8) is 0 Å². The van der Waals surface area contributed by atoms with Crippen LogP contribution in [-0.4, -0.2) is 32.3 Å². The highest BCUT2D eigenvalue weighted by atomic mass is 16.5. The number of nitrogens with one attached hydrogen (secondary N) is 2. The highest BCUT2D eigenvalue weighted by Gasteiger charge is 2.09. The summed E-state index contributed by atoms with van der Waals surface area (Å²) in [6.45, 7) is 3.35. The van der Waals surface area contributed by atoms with Crippen LogP contribution in [0.4, 0.5) is 11.4 Å². The Morgan fingerprint density at radius 1 is 0.733 bits per heavy atom. The number of benzene rings is 3. The predicted molar refractivity (Wildman–Crippen MR) is 119 cm³/mol. The number of anilines is 2. The molecule has 0 aliphatic heterocycles. The maximum atomic E-state index is 12.4. The van der Waals surface area contributed by atoms with Gasteiger partial charge in [-0.2, -0.15) is 0 Å².